The molecule has 190 valence electrons. The van der Waals surface area contributed by atoms with Crippen molar-refractivity contribution in [3.05, 3.63) is 11.6 Å². The number of aliphatic hydroxyl groups excluding tert-OH is 1. The van der Waals surface area contributed by atoms with E-state index in [4.69, 9.17) is 0 Å². The van der Waals surface area contributed by atoms with Gasteiger partial charge >= 0.3 is 5.97 Å². The maximum atomic E-state index is 12.9. The minimum Gasteiger partial charge on any atom is -0.481 e. The van der Waals surface area contributed by atoms with Crippen LogP contribution in [0.2, 0.25) is 0 Å². The molecule has 0 bridgehead atoms. The molecule has 10 atom stereocenters. The molecule has 2 unspecified atom stereocenters. The lowest BCUT2D eigenvalue weighted by atomic mass is 9.33. The monoisotopic (exact) mass is 470 g/mol. The fourth-order valence-corrected chi connectivity index (χ4v) is 10.7. The average Bonchev–Trinajstić information content (AvgIpc) is 2.74. The largest absolute Gasteiger partial charge is 0.481 e. The number of aliphatic hydroxyl groups is 1. The number of allylic oxidation sites excluding steroid dienone is 2. The smallest absolute Gasteiger partial charge is 0.312 e. The zero-order valence-electron chi connectivity index (χ0n) is 22.4. The molecule has 0 radical (unpaired) electrons. The first-order valence-electron chi connectivity index (χ1n) is 13.8. The second-order valence-corrected chi connectivity index (χ2v) is 14.4. The molecule has 5 aliphatic rings. The van der Waals surface area contributed by atoms with Crippen LogP contribution >= 0.6 is 0 Å². The minimum absolute atomic E-state index is 0.0653. The van der Waals surface area contributed by atoms with Gasteiger partial charge in [0.2, 0.25) is 0 Å². The van der Waals surface area contributed by atoms with E-state index in [1.54, 1.807) is 0 Å². The zero-order valence-corrected chi connectivity index (χ0v) is 22.4. The maximum Gasteiger partial charge on any atom is 0.312 e. The normalized spacial score (nSPS) is 54.1. The molecule has 0 heterocycles. The molecular weight excluding hydrogens is 424 g/mol. The van der Waals surface area contributed by atoms with Crippen molar-refractivity contribution >= 4 is 11.8 Å². The number of aliphatic carboxylic acids is 1. The van der Waals surface area contributed by atoms with Crippen LogP contribution in [-0.4, -0.2) is 28.1 Å². The molecule has 0 saturated heterocycles. The van der Waals surface area contributed by atoms with E-state index >= 15 is 0 Å². The molecule has 2 N–H and O–H groups in total. The number of hydrogen-bond donors (Lipinski definition) is 2. The maximum absolute atomic E-state index is 12.9. The highest BCUT2D eigenvalue weighted by atomic mass is 16.4. The van der Waals surface area contributed by atoms with Gasteiger partial charge in [-0.2, -0.15) is 0 Å². The van der Waals surface area contributed by atoms with Crippen LogP contribution < -0.4 is 0 Å². The standard InChI is InChI=1S/C30H46O4/c1-17-16-23(32)30(25(33)34)15-14-28(6)19(24(30)18(17)2)8-9-21-27(5)12-11-22(31)26(3,4)20(27)10-13-29(21,28)7/h8,17-18,20-21,23-24,32H,9-16H2,1-7H3,(H,33,34)/t17-,18+,20?,21-,23?,24+,27+,28-,29-,30-/m1/s1. The summed E-state index contributed by atoms with van der Waals surface area (Å²) in [5.41, 5.74) is 0.162. The van der Waals surface area contributed by atoms with Crippen LogP contribution in [0.25, 0.3) is 0 Å². The fraction of sp³-hybridized carbons (Fsp3) is 0.867. The molecule has 4 saturated carbocycles. The van der Waals surface area contributed by atoms with Crippen LogP contribution in [0.1, 0.15) is 99.8 Å². The molecule has 5 rings (SSSR count). The highest BCUT2D eigenvalue weighted by molar-refractivity contribution is 5.85. The molecule has 0 aromatic heterocycles. The van der Waals surface area contributed by atoms with E-state index in [0.717, 1.165) is 32.1 Å². The van der Waals surface area contributed by atoms with Crippen LogP contribution in [0, 0.1) is 56.7 Å². The number of Topliss-reactive ketones (excluding diaryl/α,β-unsaturated/α-hetero) is 1. The first-order chi connectivity index (χ1) is 15.7. The van der Waals surface area contributed by atoms with Crippen molar-refractivity contribution in [2.75, 3.05) is 0 Å². The van der Waals surface area contributed by atoms with E-state index in [-0.39, 0.29) is 33.5 Å². The summed E-state index contributed by atoms with van der Waals surface area (Å²) in [7, 11) is 0. The summed E-state index contributed by atoms with van der Waals surface area (Å²) in [6, 6.07) is 0. The number of ketones is 1. The molecule has 5 aliphatic carbocycles. The summed E-state index contributed by atoms with van der Waals surface area (Å²) < 4.78 is 0. The average molecular weight is 471 g/mol. The van der Waals surface area contributed by atoms with E-state index in [9.17, 15) is 19.8 Å². The Labute approximate surface area is 206 Å². The third-order valence-corrected chi connectivity index (χ3v) is 13.2. The molecule has 34 heavy (non-hydrogen) atoms. The van der Waals surface area contributed by atoms with Crippen LogP contribution in [0.4, 0.5) is 0 Å². The lowest BCUT2D eigenvalue weighted by Crippen LogP contribution is -2.66. The molecule has 0 aliphatic heterocycles. The van der Waals surface area contributed by atoms with E-state index in [1.807, 2.05) is 0 Å². The number of carboxylic acid groups (broad SMARTS) is 1. The lowest BCUT2D eigenvalue weighted by Gasteiger charge is -2.71. The molecule has 0 spiro atoms. The number of hydrogen-bond acceptors (Lipinski definition) is 3. The molecular formula is C30H46O4. The zero-order chi connectivity index (χ0) is 25.1. The van der Waals surface area contributed by atoms with Crippen LogP contribution in [0.5, 0.6) is 0 Å². The number of carboxylic acids is 1. The molecule has 0 aromatic rings. The van der Waals surface area contributed by atoms with Gasteiger partial charge in [-0.15, -0.1) is 0 Å². The Morgan fingerprint density at radius 1 is 1.00 bits per heavy atom. The summed E-state index contributed by atoms with van der Waals surface area (Å²) in [6.45, 7) is 16.2. The summed E-state index contributed by atoms with van der Waals surface area (Å²) in [4.78, 5) is 25.7. The summed E-state index contributed by atoms with van der Waals surface area (Å²) in [5, 5.41) is 21.8. The molecule has 0 amide bonds. The van der Waals surface area contributed by atoms with Gasteiger partial charge in [-0.05, 0) is 84.9 Å². The predicted octanol–water partition coefficient (Wildman–Crippen LogP) is 6.27. The third-order valence-electron chi connectivity index (χ3n) is 13.2. The van der Waals surface area contributed by atoms with Gasteiger partial charge in [-0.3, -0.25) is 9.59 Å². The van der Waals surface area contributed by atoms with Gasteiger partial charge < -0.3 is 10.2 Å². The molecule has 4 nitrogen and oxygen atoms in total. The van der Waals surface area contributed by atoms with E-state index in [2.05, 4.69) is 54.5 Å². The Morgan fingerprint density at radius 3 is 2.32 bits per heavy atom. The molecule has 0 aromatic carbocycles. The summed E-state index contributed by atoms with van der Waals surface area (Å²) in [6.07, 6.45) is 8.44. The van der Waals surface area contributed by atoms with Gasteiger partial charge in [-0.25, -0.2) is 0 Å². The van der Waals surface area contributed by atoms with Gasteiger partial charge in [0.25, 0.3) is 0 Å². The van der Waals surface area contributed by atoms with Gasteiger partial charge in [0.05, 0.1) is 6.10 Å². The van der Waals surface area contributed by atoms with Crippen molar-refractivity contribution < 1.29 is 19.8 Å². The van der Waals surface area contributed by atoms with E-state index in [1.165, 1.54) is 5.57 Å². The lowest BCUT2D eigenvalue weighted by molar-refractivity contribution is -0.202. The third kappa shape index (κ3) is 2.65. The number of fused-ring (bicyclic) bond motifs is 7. The highest BCUT2D eigenvalue weighted by Gasteiger charge is 2.70. The van der Waals surface area contributed by atoms with Crippen molar-refractivity contribution in [2.24, 2.45) is 56.7 Å². The number of carbonyl (C=O) groups is 2. The Kier molecular flexibility index (Phi) is 5.20. The van der Waals surface area contributed by atoms with Crippen molar-refractivity contribution in [1.29, 1.82) is 0 Å². The Morgan fingerprint density at radius 2 is 1.68 bits per heavy atom. The van der Waals surface area contributed by atoms with Gasteiger partial charge in [0, 0.05) is 17.8 Å². The van der Waals surface area contributed by atoms with E-state index < -0.39 is 17.5 Å². The van der Waals surface area contributed by atoms with Crippen LogP contribution in [-0.2, 0) is 9.59 Å². The Bertz CT molecular complexity index is 949. The highest BCUT2D eigenvalue weighted by Crippen LogP contribution is 2.75. The first-order valence-corrected chi connectivity index (χ1v) is 13.8. The summed E-state index contributed by atoms with van der Waals surface area (Å²) in [5.74, 6) is 0.980. The van der Waals surface area contributed by atoms with Gasteiger partial charge in [-0.1, -0.05) is 60.1 Å². The van der Waals surface area contributed by atoms with E-state index in [0.29, 0.717) is 42.8 Å². The number of rotatable bonds is 1. The van der Waals surface area contributed by atoms with Crippen molar-refractivity contribution in [1.82, 2.24) is 0 Å². The summed E-state index contributed by atoms with van der Waals surface area (Å²) >= 11 is 0. The van der Waals surface area contributed by atoms with Crippen molar-refractivity contribution in [3.8, 4) is 0 Å². The SMILES string of the molecule is C[C@H]1[C@H](C)CC(O)[C@]2(C(=O)O)CC[C@]3(C)C(=CC[C@@H]4[C@@]5(C)CCC(=O)C(C)(C)C5CC[C@]43C)[C@H]12. The quantitative estimate of drug-likeness (QED) is 0.443. The fourth-order valence-electron chi connectivity index (χ4n) is 10.7. The van der Waals surface area contributed by atoms with Crippen LogP contribution in [0.15, 0.2) is 11.6 Å². The van der Waals surface area contributed by atoms with Gasteiger partial charge in [0.1, 0.15) is 11.2 Å². The van der Waals surface area contributed by atoms with Crippen molar-refractivity contribution in [2.45, 2.75) is 106 Å². The minimum atomic E-state index is -1.05. The van der Waals surface area contributed by atoms with Gasteiger partial charge in [0.15, 0.2) is 0 Å². The molecule has 4 heteroatoms. The molecule has 4 fully saturated rings. The number of carbonyl (C=O) groups excluding carboxylic acids is 1. The second-order valence-electron chi connectivity index (χ2n) is 14.4. The van der Waals surface area contributed by atoms with Crippen molar-refractivity contribution in [3.63, 3.8) is 0 Å². The Hall–Kier alpha value is -1.16. The topological polar surface area (TPSA) is 74.6 Å². The van der Waals surface area contributed by atoms with Crippen LogP contribution in [0.3, 0.4) is 0 Å². The predicted molar refractivity (Wildman–Crippen MR) is 133 cm³/mol. The Balaban J connectivity index is 1.63. The second kappa shape index (κ2) is 7.20. The first kappa shape index (κ1) is 24.5.